The number of carbonyl (C=O) groups is 2. The van der Waals surface area contributed by atoms with E-state index < -0.39 is 12.0 Å². The van der Waals surface area contributed by atoms with Crippen molar-refractivity contribution in [1.29, 1.82) is 0 Å². The summed E-state index contributed by atoms with van der Waals surface area (Å²) in [6.07, 6.45) is 0.565. The van der Waals surface area contributed by atoms with Gasteiger partial charge in [0.25, 0.3) is 5.91 Å². The number of halogens is 1. The van der Waals surface area contributed by atoms with E-state index in [1.54, 1.807) is 31.3 Å². The highest BCUT2D eigenvalue weighted by Gasteiger charge is 2.33. The number of nitrogens with one attached hydrogen (secondary N) is 1. The highest BCUT2D eigenvalue weighted by molar-refractivity contribution is 6.29. The molecule has 1 N–H and O–H groups in total. The molecule has 1 atom stereocenters. The molecule has 0 saturated carbocycles. The number of aromatic nitrogens is 3. The summed E-state index contributed by atoms with van der Waals surface area (Å²) in [4.78, 5) is 27.2. The lowest BCUT2D eigenvalue weighted by Gasteiger charge is -2.33. The number of rotatable bonds is 3. The van der Waals surface area contributed by atoms with Crippen molar-refractivity contribution < 1.29 is 14.3 Å². The smallest absolute Gasteiger partial charge is 0.268 e. The average Bonchev–Trinajstić information content (AvgIpc) is 2.97. The van der Waals surface area contributed by atoms with Crippen molar-refractivity contribution in [3.05, 3.63) is 30.5 Å². The summed E-state index contributed by atoms with van der Waals surface area (Å²) in [5.41, 5.74) is 0.599. The van der Waals surface area contributed by atoms with Crippen LogP contribution in [0.15, 0.2) is 30.5 Å². The summed E-state index contributed by atoms with van der Waals surface area (Å²) >= 11 is 5.66. The molecular formula is C14H14ClN5O3. The van der Waals surface area contributed by atoms with Gasteiger partial charge in [0.15, 0.2) is 11.9 Å². The van der Waals surface area contributed by atoms with E-state index in [0.717, 1.165) is 0 Å². The number of alkyl halides is 1. The van der Waals surface area contributed by atoms with E-state index in [-0.39, 0.29) is 18.3 Å². The van der Waals surface area contributed by atoms with E-state index in [2.05, 4.69) is 15.5 Å². The standard InChI is InChI=1S/C14H14ClN5O3/c1-19-16-7-12(18-19)17-14(22)11-8-20(13(21)6-15)9-4-2-3-5-10(9)23-11/h2-5,7,11H,6,8H2,1H3,(H,17,18,22). The number of amides is 2. The molecule has 8 nitrogen and oxygen atoms in total. The second kappa shape index (κ2) is 6.25. The summed E-state index contributed by atoms with van der Waals surface area (Å²) in [5.74, 6) is -0.105. The zero-order valence-corrected chi connectivity index (χ0v) is 13.0. The molecule has 0 fully saturated rings. The summed E-state index contributed by atoms with van der Waals surface area (Å²) in [5, 5.41) is 10.5. The fraction of sp³-hybridized carbons (Fsp3) is 0.286. The minimum absolute atomic E-state index is 0.0780. The minimum Gasteiger partial charge on any atom is -0.476 e. The summed E-state index contributed by atoms with van der Waals surface area (Å²) < 4.78 is 5.69. The molecule has 2 heterocycles. The number of benzene rings is 1. The Morgan fingerprint density at radius 3 is 2.91 bits per heavy atom. The summed E-state index contributed by atoms with van der Waals surface area (Å²) in [7, 11) is 1.64. The largest absolute Gasteiger partial charge is 0.476 e. The molecule has 2 amide bonds. The second-order valence-electron chi connectivity index (χ2n) is 4.92. The normalized spacial score (nSPS) is 16.4. The van der Waals surface area contributed by atoms with Gasteiger partial charge in [0.05, 0.1) is 18.4 Å². The highest BCUT2D eigenvalue weighted by atomic mass is 35.5. The predicted molar refractivity (Wildman–Crippen MR) is 83.6 cm³/mol. The van der Waals surface area contributed by atoms with E-state index in [9.17, 15) is 9.59 Å². The van der Waals surface area contributed by atoms with Gasteiger partial charge >= 0.3 is 0 Å². The lowest BCUT2D eigenvalue weighted by molar-refractivity contribution is -0.123. The van der Waals surface area contributed by atoms with Crippen LogP contribution in [-0.2, 0) is 16.6 Å². The fourth-order valence-corrected chi connectivity index (χ4v) is 2.43. The predicted octanol–water partition coefficient (Wildman–Crippen LogP) is 0.787. The number of ether oxygens (including phenoxy) is 1. The van der Waals surface area contributed by atoms with Crippen LogP contribution in [-0.4, -0.2) is 45.3 Å². The molecule has 0 spiro atoms. The number of nitrogens with zero attached hydrogens (tertiary/aromatic N) is 4. The first-order chi connectivity index (χ1) is 11.1. The van der Waals surface area contributed by atoms with E-state index in [1.165, 1.54) is 15.9 Å². The van der Waals surface area contributed by atoms with Crippen molar-refractivity contribution in [2.45, 2.75) is 6.10 Å². The lowest BCUT2D eigenvalue weighted by Crippen LogP contribution is -2.49. The maximum Gasteiger partial charge on any atom is 0.268 e. The summed E-state index contributed by atoms with van der Waals surface area (Å²) in [6, 6.07) is 7.00. The molecule has 23 heavy (non-hydrogen) atoms. The molecule has 1 aliphatic rings. The van der Waals surface area contributed by atoms with Gasteiger partial charge in [-0.25, -0.2) is 0 Å². The van der Waals surface area contributed by atoms with E-state index >= 15 is 0 Å². The van der Waals surface area contributed by atoms with Crippen LogP contribution in [0.25, 0.3) is 0 Å². The van der Waals surface area contributed by atoms with E-state index in [1.807, 2.05) is 0 Å². The van der Waals surface area contributed by atoms with Crippen molar-refractivity contribution >= 4 is 34.9 Å². The summed E-state index contributed by atoms with van der Waals surface area (Å²) in [6.45, 7) is 0.0780. The van der Waals surface area contributed by atoms with Crippen molar-refractivity contribution in [1.82, 2.24) is 15.0 Å². The Hall–Kier alpha value is -2.61. The van der Waals surface area contributed by atoms with Gasteiger partial charge in [0.2, 0.25) is 5.91 Å². The van der Waals surface area contributed by atoms with Gasteiger partial charge in [-0.15, -0.1) is 16.7 Å². The van der Waals surface area contributed by atoms with Crippen molar-refractivity contribution in [2.24, 2.45) is 7.05 Å². The first kappa shape index (κ1) is 15.3. The molecule has 9 heteroatoms. The third kappa shape index (κ3) is 3.11. The average molecular weight is 336 g/mol. The van der Waals surface area contributed by atoms with Crippen LogP contribution in [0.3, 0.4) is 0 Å². The topological polar surface area (TPSA) is 89.4 Å². The molecule has 1 aromatic carbocycles. The van der Waals surface area contributed by atoms with Crippen LogP contribution in [0, 0.1) is 0 Å². The van der Waals surface area contributed by atoms with Gasteiger partial charge in [-0.1, -0.05) is 12.1 Å². The quantitative estimate of drug-likeness (QED) is 0.837. The molecule has 120 valence electrons. The molecule has 2 aromatic rings. The molecule has 1 unspecified atom stereocenters. The zero-order chi connectivity index (χ0) is 16.4. The van der Waals surface area contributed by atoms with Gasteiger partial charge in [0, 0.05) is 7.05 Å². The van der Waals surface area contributed by atoms with Crippen LogP contribution < -0.4 is 15.0 Å². The molecule has 1 aromatic heterocycles. The minimum atomic E-state index is -0.862. The van der Waals surface area contributed by atoms with Gasteiger partial charge in [-0.2, -0.15) is 9.90 Å². The monoisotopic (exact) mass is 335 g/mol. The SMILES string of the molecule is Cn1ncc(NC(=O)C2CN(C(=O)CCl)c3ccccc3O2)n1. The third-order valence-corrected chi connectivity index (χ3v) is 3.56. The molecule has 0 radical (unpaired) electrons. The maximum absolute atomic E-state index is 12.4. The first-order valence-corrected chi connectivity index (χ1v) is 7.41. The first-order valence-electron chi connectivity index (χ1n) is 6.87. The fourth-order valence-electron chi connectivity index (χ4n) is 2.29. The number of anilines is 2. The van der Waals surface area contributed by atoms with Gasteiger partial charge in [0.1, 0.15) is 11.6 Å². The van der Waals surface area contributed by atoms with Crippen molar-refractivity contribution in [3.8, 4) is 5.75 Å². The van der Waals surface area contributed by atoms with Gasteiger partial charge in [-0.3, -0.25) is 9.59 Å². The Balaban J connectivity index is 1.82. The lowest BCUT2D eigenvalue weighted by atomic mass is 10.1. The molecular weight excluding hydrogens is 322 g/mol. The maximum atomic E-state index is 12.4. The molecule has 0 bridgehead atoms. The highest BCUT2D eigenvalue weighted by Crippen LogP contribution is 2.33. The van der Waals surface area contributed by atoms with Crippen molar-refractivity contribution in [2.75, 3.05) is 22.6 Å². The third-order valence-electron chi connectivity index (χ3n) is 3.33. The Kier molecular flexibility index (Phi) is 4.16. The van der Waals surface area contributed by atoms with Crippen LogP contribution in [0.4, 0.5) is 11.5 Å². The Labute approximate surface area is 137 Å². The Morgan fingerprint density at radius 1 is 1.43 bits per heavy atom. The number of para-hydroxylation sites is 2. The van der Waals surface area contributed by atoms with E-state index in [0.29, 0.717) is 17.3 Å². The number of aryl methyl sites for hydroxylation is 1. The van der Waals surface area contributed by atoms with Crippen LogP contribution in [0.1, 0.15) is 0 Å². The molecule has 0 aliphatic carbocycles. The number of hydrogen-bond acceptors (Lipinski definition) is 5. The zero-order valence-electron chi connectivity index (χ0n) is 12.3. The molecule has 0 saturated heterocycles. The van der Waals surface area contributed by atoms with Crippen LogP contribution in [0.5, 0.6) is 5.75 Å². The van der Waals surface area contributed by atoms with Crippen molar-refractivity contribution in [3.63, 3.8) is 0 Å². The number of fused-ring (bicyclic) bond motifs is 1. The number of hydrogen-bond donors (Lipinski definition) is 1. The molecule has 1 aliphatic heterocycles. The van der Waals surface area contributed by atoms with Crippen LogP contribution in [0.2, 0.25) is 0 Å². The van der Waals surface area contributed by atoms with Crippen LogP contribution >= 0.6 is 11.6 Å². The molecule has 3 rings (SSSR count). The Morgan fingerprint density at radius 2 is 2.22 bits per heavy atom. The van der Waals surface area contributed by atoms with Gasteiger partial charge < -0.3 is 15.0 Å². The Bertz CT molecular complexity index is 748. The van der Waals surface area contributed by atoms with E-state index in [4.69, 9.17) is 16.3 Å². The second-order valence-corrected chi connectivity index (χ2v) is 5.19. The number of carbonyl (C=O) groups excluding carboxylic acids is 2. The van der Waals surface area contributed by atoms with Gasteiger partial charge in [-0.05, 0) is 12.1 Å².